The molecule has 0 saturated carbocycles. The van der Waals surface area contributed by atoms with Gasteiger partial charge < -0.3 is 24.5 Å². The fourth-order valence-electron chi connectivity index (χ4n) is 4.25. The number of aliphatic hydroxyl groups is 1. The van der Waals surface area contributed by atoms with Crippen LogP contribution in [-0.4, -0.2) is 52.5 Å². The molecule has 34 heavy (non-hydrogen) atoms. The lowest BCUT2D eigenvalue weighted by Crippen LogP contribution is -2.33. The molecule has 1 aliphatic heterocycles. The molecule has 3 aromatic rings. The molecule has 7 nitrogen and oxygen atoms in total. The largest absolute Gasteiger partial charge is 0.507 e. The summed E-state index contributed by atoms with van der Waals surface area (Å²) in [5.74, 6) is -0.989. The van der Waals surface area contributed by atoms with Crippen molar-refractivity contribution in [1.29, 1.82) is 0 Å². The van der Waals surface area contributed by atoms with Crippen LogP contribution < -0.4 is 4.74 Å². The minimum atomic E-state index is -0.743. The van der Waals surface area contributed by atoms with Gasteiger partial charge in [-0.05, 0) is 38.5 Å². The van der Waals surface area contributed by atoms with Gasteiger partial charge in [0.2, 0.25) is 0 Å². The van der Waals surface area contributed by atoms with Crippen LogP contribution in [0.4, 0.5) is 0 Å². The van der Waals surface area contributed by atoms with Gasteiger partial charge in [-0.1, -0.05) is 37.3 Å². The molecule has 1 unspecified atom stereocenters. The Balaban J connectivity index is 1.82. The summed E-state index contributed by atoms with van der Waals surface area (Å²) in [6.45, 7) is 6.89. The fraction of sp³-hybridized carbons (Fsp3) is 0.333. The molecule has 0 aliphatic carbocycles. The first-order valence-corrected chi connectivity index (χ1v) is 11.6. The summed E-state index contributed by atoms with van der Waals surface area (Å²) in [6.07, 6.45) is 2.64. The molecule has 0 spiro atoms. The predicted molar refractivity (Wildman–Crippen MR) is 131 cm³/mol. The van der Waals surface area contributed by atoms with Crippen LogP contribution in [0, 0.1) is 0 Å². The number of carbonyl (C=O) groups excluding carboxylic acids is 2. The van der Waals surface area contributed by atoms with Gasteiger partial charge in [-0.2, -0.15) is 0 Å². The Kier molecular flexibility index (Phi) is 7.03. The highest BCUT2D eigenvalue weighted by Gasteiger charge is 2.46. The number of amides is 1. The van der Waals surface area contributed by atoms with Crippen molar-refractivity contribution >= 4 is 28.4 Å². The van der Waals surface area contributed by atoms with E-state index in [1.807, 2.05) is 45.0 Å². The van der Waals surface area contributed by atoms with Crippen molar-refractivity contribution in [2.75, 3.05) is 19.8 Å². The zero-order valence-electron chi connectivity index (χ0n) is 19.7. The lowest BCUT2D eigenvalue weighted by molar-refractivity contribution is -0.140. The smallest absolute Gasteiger partial charge is 0.295 e. The Bertz CT molecular complexity index is 1230. The molecule has 2 N–H and O–H groups in total. The highest BCUT2D eigenvalue weighted by molar-refractivity contribution is 6.46. The van der Waals surface area contributed by atoms with E-state index in [9.17, 15) is 14.7 Å². The summed E-state index contributed by atoms with van der Waals surface area (Å²) in [6, 6.07) is 13.9. The Morgan fingerprint density at radius 2 is 1.91 bits per heavy atom. The lowest BCUT2D eigenvalue weighted by atomic mass is 9.95. The summed E-state index contributed by atoms with van der Waals surface area (Å²) in [7, 11) is 0. The number of H-pyrrole nitrogens is 1. The highest BCUT2D eigenvalue weighted by atomic mass is 16.5. The molecular formula is C27H30N2O5. The standard InChI is InChI=1S/C27H30N2O5/c1-4-13-34-19-9-7-8-18(15-19)25(30)23-24(21-16-28-22-11-6-5-10-20(21)22)29(27(32)26(23)31)12-14-33-17(2)3/h5-11,15-17,24,28,30H,4,12-14H2,1-3H3/b25-23+. The Morgan fingerprint density at radius 1 is 1.12 bits per heavy atom. The van der Waals surface area contributed by atoms with Gasteiger partial charge in [-0.3, -0.25) is 9.59 Å². The molecule has 2 aromatic carbocycles. The lowest BCUT2D eigenvalue weighted by Gasteiger charge is -2.25. The molecule has 1 atom stereocenters. The molecule has 1 saturated heterocycles. The third-order valence-electron chi connectivity index (χ3n) is 5.82. The second kappa shape index (κ2) is 10.1. The Morgan fingerprint density at radius 3 is 2.68 bits per heavy atom. The minimum absolute atomic E-state index is 0.00535. The van der Waals surface area contributed by atoms with E-state index in [4.69, 9.17) is 9.47 Å². The van der Waals surface area contributed by atoms with Gasteiger partial charge in [0.15, 0.2) is 0 Å². The van der Waals surface area contributed by atoms with Gasteiger partial charge in [-0.15, -0.1) is 0 Å². The van der Waals surface area contributed by atoms with Crippen molar-refractivity contribution in [3.63, 3.8) is 0 Å². The van der Waals surface area contributed by atoms with E-state index < -0.39 is 17.7 Å². The van der Waals surface area contributed by atoms with Crippen LogP contribution in [0.25, 0.3) is 16.7 Å². The van der Waals surface area contributed by atoms with Gasteiger partial charge in [-0.25, -0.2) is 0 Å². The van der Waals surface area contributed by atoms with E-state index in [1.54, 1.807) is 30.5 Å². The van der Waals surface area contributed by atoms with Crippen LogP contribution in [0.2, 0.25) is 0 Å². The molecule has 1 aliphatic rings. The molecule has 4 rings (SSSR count). The van der Waals surface area contributed by atoms with Gasteiger partial charge in [0.25, 0.3) is 11.7 Å². The number of nitrogens with one attached hydrogen (secondary N) is 1. The van der Waals surface area contributed by atoms with Gasteiger partial charge in [0.1, 0.15) is 11.5 Å². The number of ketones is 1. The highest BCUT2D eigenvalue weighted by Crippen LogP contribution is 2.42. The number of carbonyl (C=O) groups is 2. The number of rotatable bonds is 9. The van der Waals surface area contributed by atoms with Crippen LogP contribution in [-0.2, 0) is 14.3 Å². The summed E-state index contributed by atoms with van der Waals surface area (Å²) in [5, 5.41) is 12.2. The number of fused-ring (bicyclic) bond motifs is 1. The maximum Gasteiger partial charge on any atom is 0.295 e. The zero-order chi connectivity index (χ0) is 24.2. The first kappa shape index (κ1) is 23.6. The molecule has 2 heterocycles. The topological polar surface area (TPSA) is 91.9 Å². The number of aromatic amines is 1. The molecular weight excluding hydrogens is 432 g/mol. The average molecular weight is 463 g/mol. The summed E-state index contributed by atoms with van der Waals surface area (Å²) in [4.78, 5) is 31.1. The van der Waals surface area contributed by atoms with Crippen LogP contribution in [0.1, 0.15) is 44.4 Å². The van der Waals surface area contributed by atoms with E-state index in [0.717, 1.165) is 22.9 Å². The van der Waals surface area contributed by atoms with Gasteiger partial charge in [0, 0.05) is 34.8 Å². The number of nitrogens with zero attached hydrogens (tertiary/aromatic N) is 1. The van der Waals surface area contributed by atoms with Crippen molar-refractivity contribution in [3.05, 3.63) is 71.4 Å². The number of para-hydroxylation sites is 1. The number of aliphatic hydroxyl groups excluding tert-OH is 1. The van der Waals surface area contributed by atoms with E-state index >= 15 is 0 Å². The molecule has 0 radical (unpaired) electrons. The second-order valence-corrected chi connectivity index (χ2v) is 8.58. The van der Waals surface area contributed by atoms with Crippen molar-refractivity contribution < 1.29 is 24.2 Å². The van der Waals surface area contributed by atoms with Crippen LogP contribution in [0.15, 0.2) is 60.3 Å². The number of ether oxygens (including phenoxy) is 2. The van der Waals surface area contributed by atoms with Crippen LogP contribution in [0.3, 0.4) is 0 Å². The maximum absolute atomic E-state index is 13.2. The monoisotopic (exact) mass is 462 g/mol. The number of aromatic nitrogens is 1. The van der Waals surface area contributed by atoms with Crippen molar-refractivity contribution in [2.45, 2.75) is 39.3 Å². The minimum Gasteiger partial charge on any atom is -0.507 e. The normalized spacial score (nSPS) is 17.8. The SMILES string of the molecule is CCCOc1cccc(/C(O)=C2\C(=O)C(=O)N(CCOC(C)C)C2c2c[nH]c3ccccc23)c1. The third-order valence-corrected chi connectivity index (χ3v) is 5.82. The fourth-order valence-corrected chi connectivity index (χ4v) is 4.25. The van der Waals surface area contributed by atoms with Crippen LogP contribution in [0.5, 0.6) is 5.75 Å². The summed E-state index contributed by atoms with van der Waals surface area (Å²) in [5.41, 5.74) is 2.12. The van der Waals surface area contributed by atoms with E-state index in [0.29, 0.717) is 17.9 Å². The third kappa shape index (κ3) is 4.56. The average Bonchev–Trinajstić information content (AvgIpc) is 3.36. The number of hydrogen-bond donors (Lipinski definition) is 2. The first-order valence-electron chi connectivity index (χ1n) is 11.6. The second-order valence-electron chi connectivity index (χ2n) is 8.58. The number of hydrogen-bond acceptors (Lipinski definition) is 5. The zero-order valence-corrected chi connectivity index (χ0v) is 19.7. The molecule has 1 amide bonds. The Labute approximate surface area is 199 Å². The predicted octanol–water partition coefficient (Wildman–Crippen LogP) is 4.80. The first-order chi connectivity index (χ1) is 16.4. The Hall–Kier alpha value is -3.58. The quantitative estimate of drug-likeness (QED) is 0.271. The number of Topliss-reactive ketones (excluding diaryl/α,β-unsaturated/α-hetero) is 1. The molecule has 178 valence electrons. The van der Waals surface area contributed by atoms with Crippen molar-refractivity contribution in [3.8, 4) is 5.75 Å². The molecule has 0 bridgehead atoms. The number of likely N-dealkylation sites (tertiary alicyclic amines) is 1. The van der Waals surface area contributed by atoms with Crippen LogP contribution >= 0.6 is 0 Å². The van der Waals surface area contributed by atoms with E-state index in [2.05, 4.69) is 4.98 Å². The van der Waals surface area contributed by atoms with Crippen molar-refractivity contribution in [1.82, 2.24) is 9.88 Å². The molecule has 1 aromatic heterocycles. The van der Waals surface area contributed by atoms with E-state index in [1.165, 1.54) is 4.90 Å². The van der Waals surface area contributed by atoms with Gasteiger partial charge >= 0.3 is 0 Å². The van der Waals surface area contributed by atoms with Gasteiger partial charge in [0.05, 0.1) is 30.9 Å². The summed E-state index contributed by atoms with van der Waals surface area (Å²) >= 11 is 0. The van der Waals surface area contributed by atoms with Crippen molar-refractivity contribution in [2.24, 2.45) is 0 Å². The maximum atomic E-state index is 13.2. The summed E-state index contributed by atoms with van der Waals surface area (Å²) < 4.78 is 11.4. The molecule has 1 fully saturated rings. The van der Waals surface area contributed by atoms with E-state index in [-0.39, 0.29) is 30.6 Å². The number of benzene rings is 2. The molecule has 7 heteroatoms.